The molecule has 5 saturated carbocycles. The standard InChI is InChI=1S/C24H37NO5/c1-4-15-11-16(5-2)21(20(15)23(27)25-12-19(26)29-3)24(28)30-22-17-7-13-6-14(9-17)10-18(22)8-13/h13-18,20-22H,4-12H2,1-3H3,(H,25,27). The first-order valence-electron chi connectivity index (χ1n) is 12.0. The fourth-order valence-corrected chi connectivity index (χ4v) is 7.46. The summed E-state index contributed by atoms with van der Waals surface area (Å²) in [6, 6.07) is 0. The van der Waals surface area contributed by atoms with Gasteiger partial charge in [0.2, 0.25) is 5.91 Å². The summed E-state index contributed by atoms with van der Waals surface area (Å²) in [4.78, 5) is 38.0. The molecule has 5 fully saturated rings. The third-order valence-electron chi connectivity index (χ3n) is 8.66. The predicted octanol–water partition coefficient (Wildman–Crippen LogP) is 3.33. The molecule has 6 heteroatoms. The molecular weight excluding hydrogens is 382 g/mol. The van der Waals surface area contributed by atoms with Gasteiger partial charge < -0.3 is 14.8 Å². The highest BCUT2D eigenvalue weighted by Gasteiger charge is 2.53. The lowest BCUT2D eigenvalue weighted by Crippen LogP contribution is -2.51. The van der Waals surface area contributed by atoms with E-state index in [1.165, 1.54) is 39.2 Å². The quantitative estimate of drug-likeness (QED) is 0.640. The molecule has 30 heavy (non-hydrogen) atoms. The van der Waals surface area contributed by atoms with Gasteiger partial charge in [-0.25, -0.2) is 0 Å². The Morgan fingerprint density at radius 1 is 0.833 bits per heavy atom. The van der Waals surface area contributed by atoms with Gasteiger partial charge in [-0.1, -0.05) is 26.7 Å². The largest absolute Gasteiger partial charge is 0.468 e. The molecule has 0 saturated heterocycles. The summed E-state index contributed by atoms with van der Waals surface area (Å²) in [5.41, 5.74) is 0. The van der Waals surface area contributed by atoms with Crippen LogP contribution in [-0.2, 0) is 23.9 Å². The second-order valence-electron chi connectivity index (χ2n) is 10.3. The van der Waals surface area contributed by atoms with Gasteiger partial charge in [0.15, 0.2) is 0 Å². The van der Waals surface area contributed by atoms with Crippen LogP contribution in [0.25, 0.3) is 0 Å². The van der Waals surface area contributed by atoms with E-state index in [9.17, 15) is 14.4 Å². The third-order valence-corrected chi connectivity index (χ3v) is 8.66. The van der Waals surface area contributed by atoms with E-state index in [2.05, 4.69) is 23.9 Å². The molecule has 4 unspecified atom stereocenters. The molecule has 4 atom stereocenters. The number of nitrogens with one attached hydrogen (secondary N) is 1. The summed E-state index contributed by atoms with van der Waals surface area (Å²) in [7, 11) is 1.30. The number of methoxy groups -OCH3 is 1. The van der Waals surface area contributed by atoms with Gasteiger partial charge in [-0.05, 0) is 74.0 Å². The molecule has 0 aliphatic heterocycles. The zero-order valence-electron chi connectivity index (χ0n) is 18.6. The molecule has 5 aliphatic carbocycles. The summed E-state index contributed by atoms with van der Waals surface area (Å²) < 4.78 is 10.9. The van der Waals surface area contributed by atoms with Crippen molar-refractivity contribution >= 4 is 17.8 Å². The fourth-order valence-electron chi connectivity index (χ4n) is 7.46. The van der Waals surface area contributed by atoms with E-state index < -0.39 is 17.8 Å². The van der Waals surface area contributed by atoms with E-state index in [1.54, 1.807) is 0 Å². The van der Waals surface area contributed by atoms with E-state index >= 15 is 0 Å². The van der Waals surface area contributed by atoms with Crippen molar-refractivity contribution < 1.29 is 23.9 Å². The van der Waals surface area contributed by atoms with Gasteiger partial charge in [-0.3, -0.25) is 14.4 Å². The number of esters is 2. The third kappa shape index (κ3) is 3.99. The van der Waals surface area contributed by atoms with Gasteiger partial charge in [0.05, 0.1) is 18.9 Å². The Labute approximate surface area is 179 Å². The highest BCUT2D eigenvalue weighted by Crippen LogP contribution is 2.55. The van der Waals surface area contributed by atoms with Crippen molar-refractivity contribution in [3.05, 3.63) is 0 Å². The normalized spacial score (nSPS) is 41.5. The molecule has 0 aromatic carbocycles. The molecule has 0 aromatic rings. The first-order chi connectivity index (χ1) is 14.4. The Morgan fingerprint density at radius 3 is 1.93 bits per heavy atom. The molecule has 4 bridgehead atoms. The summed E-state index contributed by atoms with van der Waals surface area (Å²) in [6.45, 7) is 4.01. The maximum absolute atomic E-state index is 13.5. The van der Waals surface area contributed by atoms with Crippen LogP contribution in [0.4, 0.5) is 0 Å². The zero-order chi connectivity index (χ0) is 21.4. The van der Waals surface area contributed by atoms with Crippen LogP contribution in [0.1, 0.15) is 65.2 Å². The van der Waals surface area contributed by atoms with Crippen molar-refractivity contribution in [3.63, 3.8) is 0 Å². The minimum Gasteiger partial charge on any atom is -0.468 e. The van der Waals surface area contributed by atoms with E-state index in [0.29, 0.717) is 11.8 Å². The molecule has 5 aliphatic rings. The van der Waals surface area contributed by atoms with E-state index in [0.717, 1.165) is 31.1 Å². The lowest BCUT2D eigenvalue weighted by atomic mass is 9.55. The van der Waals surface area contributed by atoms with Crippen LogP contribution in [-0.4, -0.2) is 37.6 Å². The second kappa shape index (κ2) is 8.88. The average Bonchev–Trinajstić information content (AvgIpc) is 3.12. The van der Waals surface area contributed by atoms with Crippen LogP contribution in [0.15, 0.2) is 0 Å². The molecule has 1 N–H and O–H groups in total. The van der Waals surface area contributed by atoms with Gasteiger partial charge in [0.1, 0.15) is 12.6 Å². The summed E-state index contributed by atoms with van der Waals surface area (Å²) >= 11 is 0. The van der Waals surface area contributed by atoms with Crippen LogP contribution < -0.4 is 5.32 Å². The Kier molecular flexibility index (Phi) is 6.40. The minimum atomic E-state index is -0.478. The predicted molar refractivity (Wildman–Crippen MR) is 111 cm³/mol. The summed E-state index contributed by atoms with van der Waals surface area (Å²) in [6.07, 6.45) is 8.79. The van der Waals surface area contributed by atoms with Crippen molar-refractivity contribution in [1.29, 1.82) is 0 Å². The van der Waals surface area contributed by atoms with Crippen molar-refractivity contribution in [2.75, 3.05) is 13.7 Å². The average molecular weight is 420 g/mol. The molecular formula is C24H37NO5. The van der Waals surface area contributed by atoms with Crippen LogP contribution in [0.3, 0.4) is 0 Å². The smallest absolute Gasteiger partial charge is 0.325 e. The summed E-state index contributed by atoms with van der Waals surface area (Å²) in [5, 5.41) is 2.70. The SMILES string of the molecule is CCC1CC(CC)C(C(=O)OC2C3CC4CC(C3)CC2C4)C1C(=O)NCC(=O)OC. The maximum atomic E-state index is 13.5. The number of hydrogen-bond acceptors (Lipinski definition) is 5. The number of ether oxygens (including phenoxy) is 2. The van der Waals surface area contributed by atoms with E-state index in [-0.39, 0.29) is 36.4 Å². The molecule has 0 radical (unpaired) electrons. The van der Waals surface area contributed by atoms with Gasteiger partial charge in [-0.2, -0.15) is 0 Å². The van der Waals surface area contributed by atoms with Crippen LogP contribution in [0.5, 0.6) is 0 Å². The van der Waals surface area contributed by atoms with Gasteiger partial charge in [0, 0.05) is 0 Å². The zero-order valence-corrected chi connectivity index (χ0v) is 18.6. The Hall–Kier alpha value is -1.59. The van der Waals surface area contributed by atoms with Gasteiger partial charge >= 0.3 is 11.9 Å². The highest BCUT2D eigenvalue weighted by molar-refractivity contribution is 5.88. The first-order valence-corrected chi connectivity index (χ1v) is 12.0. The van der Waals surface area contributed by atoms with Crippen molar-refractivity contribution in [2.45, 2.75) is 71.3 Å². The lowest BCUT2D eigenvalue weighted by molar-refractivity contribution is -0.179. The maximum Gasteiger partial charge on any atom is 0.325 e. The fraction of sp³-hybridized carbons (Fsp3) is 0.875. The Morgan fingerprint density at radius 2 is 1.40 bits per heavy atom. The lowest BCUT2D eigenvalue weighted by Gasteiger charge is -2.53. The second-order valence-corrected chi connectivity index (χ2v) is 10.3. The minimum absolute atomic E-state index is 0.0438. The highest BCUT2D eigenvalue weighted by atomic mass is 16.5. The molecule has 168 valence electrons. The van der Waals surface area contributed by atoms with E-state index in [4.69, 9.17) is 4.74 Å². The van der Waals surface area contributed by atoms with Crippen molar-refractivity contribution in [3.8, 4) is 0 Å². The van der Waals surface area contributed by atoms with Crippen LogP contribution in [0.2, 0.25) is 0 Å². The number of carbonyl (C=O) groups excluding carboxylic acids is 3. The van der Waals surface area contributed by atoms with Crippen LogP contribution >= 0.6 is 0 Å². The number of hydrogen-bond donors (Lipinski definition) is 1. The Balaban J connectivity index is 1.48. The molecule has 0 spiro atoms. The summed E-state index contributed by atoms with van der Waals surface area (Å²) in [5.74, 6) is 1.30. The molecule has 0 heterocycles. The van der Waals surface area contributed by atoms with E-state index in [1.807, 2.05) is 0 Å². The van der Waals surface area contributed by atoms with Gasteiger partial charge in [0.25, 0.3) is 0 Å². The number of rotatable bonds is 7. The van der Waals surface area contributed by atoms with Gasteiger partial charge in [-0.15, -0.1) is 0 Å². The first kappa shape index (κ1) is 21.6. The Bertz CT molecular complexity index is 649. The molecule has 0 aromatic heterocycles. The van der Waals surface area contributed by atoms with Crippen molar-refractivity contribution in [1.82, 2.24) is 5.32 Å². The number of amides is 1. The molecule has 1 amide bonds. The topological polar surface area (TPSA) is 81.7 Å². The van der Waals surface area contributed by atoms with Crippen LogP contribution in [0, 0.1) is 47.3 Å². The molecule has 6 nitrogen and oxygen atoms in total. The molecule has 5 rings (SSSR count). The number of carbonyl (C=O) groups is 3. The van der Waals surface area contributed by atoms with Crippen molar-refractivity contribution in [2.24, 2.45) is 47.3 Å². The monoisotopic (exact) mass is 419 g/mol.